The lowest BCUT2D eigenvalue weighted by Crippen LogP contribution is -2.42. The van der Waals surface area contributed by atoms with E-state index in [1.807, 2.05) is 0 Å². The van der Waals surface area contributed by atoms with Gasteiger partial charge in [-0.1, -0.05) is 20.8 Å². The van der Waals surface area contributed by atoms with Crippen molar-refractivity contribution < 1.29 is 5.11 Å². The summed E-state index contributed by atoms with van der Waals surface area (Å²) in [7, 11) is 0. The molecule has 1 aromatic heterocycles. The summed E-state index contributed by atoms with van der Waals surface area (Å²) in [6, 6.07) is 0. The van der Waals surface area contributed by atoms with Crippen molar-refractivity contribution in [1.82, 2.24) is 9.88 Å². The van der Waals surface area contributed by atoms with Gasteiger partial charge in [-0.2, -0.15) is 0 Å². The summed E-state index contributed by atoms with van der Waals surface area (Å²) in [6.07, 6.45) is 1.86. The largest absolute Gasteiger partial charge is 0.393 e. The highest BCUT2D eigenvalue weighted by Crippen LogP contribution is 2.23. The third kappa shape index (κ3) is 3.31. The smallest absolute Gasteiger partial charge is 0.0954 e. The quantitative estimate of drug-likeness (QED) is 0.912. The van der Waals surface area contributed by atoms with Crippen LogP contribution >= 0.6 is 11.3 Å². The third-order valence-corrected chi connectivity index (χ3v) is 4.95. The molecule has 2 heterocycles. The SMILES string of the molecule is CCC1CN(Cc2csc(C(C)C)n2)CCC1O. The van der Waals surface area contributed by atoms with Crippen LogP contribution in [0.2, 0.25) is 0 Å². The normalized spacial score (nSPS) is 25.8. The first-order chi connectivity index (χ1) is 8.60. The van der Waals surface area contributed by atoms with Gasteiger partial charge >= 0.3 is 0 Å². The number of likely N-dealkylation sites (tertiary alicyclic amines) is 1. The standard InChI is InChI=1S/C14H24N2OS/c1-4-11-7-16(6-5-13(11)17)8-12-9-18-14(15-12)10(2)3/h9-11,13,17H,4-8H2,1-3H3. The van der Waals surface area contributed by atoms with Crippen LogP contribution in [0.3, 0.4) is 0 Å². The summed E-state index contributed by atoms with van der Waals surface area (Å²) < 4.78 is 0. The Morgan fingerprint density at radius 2 is 2.33 bits per heavy atom. The topological polar surface area (TPSA) is 36.4 Å². The van der Waals surface area contributed by atoms with Crippen molar-refractivity contribution in [2.45, 2.75) is 52.2 Å². The molecule has 2 unspecified atom stereocenters. The highest BCUT2D eigenvalue weighted by Gasteiger charge is 2.26. The predicted molar refractivity (Wildman–Crippen MR) is 75.9 cm³/mol. The molecule has 0 spiro atoms. The second kappa shape index (κ2) is 6.13. The van der Waals surface area contributed by atoms with Crippen LogP contribution in [-0.4, -0.2) is 34.2 Å². The number of rotatable bonds is 4. The zero-order chi connectivity index (χ0) is 13.1. The monoisotopic (exact) mass is 268 g/mol. The summed E-state index contributed by atoms with van der Waals surface area (Å²) in [5.41, 5.74) is 1.19. The molecule has 0 saturated carbocycles. The Morgan fingerprint density at radius 1 is 1.56 bits per heavy atom. The van der Waals surface area contributed by atoms with E-state index >= 15 is 0 Å². The van der Waals surface area contributed by atoms with E-state index in [2.05, 4.69) is 36.0 Å². The molecule has 18 heavy (non-hydrogen) atoms. The second-order valence-corrected chi connectivity index (χ2v) is 6.48. The molecule has 3 nitrogen and oxygen atoms in total. The van der Waals surface area contributed by atoms with E-state index in [-0.39, 0.29) is 6.10 Å². The van der Waals surface area contributed by atoms with Crippen molar-refractivity contribution in [3.05, 3.63) is 16.1 Å². The van der Waals surface area contributed by atoms with E-state index < -0.39 is 0 Å². The third-order valence-electron chi connectivity index (χ3n) is 3.75. The Hall–Kier alpha value is -0.450. The average molecular weight is 268 g/mol. The molecule has 0 radical (unpaired) electrons. The van der Waals surface area contributed by atoms with E-state index in [1.165, 1.54) is 10.7 Å². The molecular formula is C14H24N2OS. The van der Waals surface area contributed by atoms with E-state index in [1.54, 1.807) is 11.3 Å². The molecule has 1 fully saturated rings. The fraction of sp³-hybridized carbons (Fsp3) is 0.786. The van der Waals surface area contributed by atoms with Gasteiger partial charge in [-0.3, -0.25) is 4.90 Å². The van der Waals surface area contributed by atoms with Crippen LogP contribution in [0.4, 0.5) is 0 Å². The first kappa shape index (κ1) is 14.0. The van der Waals surface area contributed by atoms with Crippen molar-refractivity contribution >= 4 is 11.3 Å². The van der Waals surface area contributed by atoms with E-state index in [0.717, 1.165) is 32.5 Å². The maximum absolute atomic E-state index is 9.89. The maximum Gasteiger partial charge on any atom is 0.0954 e. The number of hydrogen-bond acceptors (Lipinski definition) is 4. The van der Waals surface area contributed by atoms with Crippen molar-refractivity contribution in [2.75, 3.05) is 13.1 Å². The zero-order valence-electron chi connectivity index (χ0n) is 11.6. The van der Waals surface area contributed by atoms with E-state index in [9.17, 15) is 5.11 Å². The maximum atomic E-state index is 9.89. The van der Waals surface area contributed by atoms with Gasteiger partial charge in [0.05, 0.1) is 16.8 Å². The van der Waals surface area contributed by atoms with Gasteiger partial charge in [-0.25, -0.2) is 4.98 Å². The first-order valence-electron chi connectivity index (χ1n) is 6.94. The molecule has 0 amide bonds. The highest BCUT2D eigenvalue weighted by atomic mass is 32.1. The number of aliphatic hydroxyl groups excluding tert-OH is 1. The number of aromatic nitrogens is 1. The first-order valence-corrected chi connectivity index (χ1v) is 7.82. The van der Waals surface area contributed by atoms with Crippen LogP contribution < -0.4 is 0 Å². The van der Waals surface area contributed by atoms with Crippen LogP contribution in [0, 0.1) is 5.92 Å². The van der Waals surface area contributed by atoms with Crippen LogP contribution in [0.1, 0.15) is 50.2 Å². The zero-order valence-corrected chi connectivity index (χ0v) is 12.4. The Bertz CT molecular complexity index is 378. The lowest BCUT2D eigenvalue weighted by Gasteiger charge is -2.35. The molecular weight excluding hydrogens is 244 g/mol. The fourth-order valence-corrected chi connectivity index (χ4v) is 3.36. The molecule has 1 aliphatic heterocycles. The minimum Gasteiger partial charge on any atom is -0.393 e. The van der Waals surface area contributed by atoms with Gasteiger partial charge < -0.3 is 5.11 Å². The molecule has 1 N–H and O–H groups in total. The number of hydrogen-bond donors (Lipinski definition) is 1. The Balaban J connectivity index is 1.92. The summed E-state index contributed by atoms with van der Waals surface area (Å²) in [5, 5.41) is 13.3. The van der Waals surface area contributed by atoms with Gasteiger partial charge in [0.25, 0.3) is 0 Å². The molecule has 1 aromatic rings. The van der Waals surface area contributed by atoms with Gasteiger partial charge in [-0.05, 0) is 18.8 Å². The van der Waals surface area contributed by atoms with Crippen molar-refractivity contribution in [2.24, 2.45) is 5.92 Å². The van der Waals surface area contributed by atoms with Crippen LogP contribution in [0.5, 0.6) is 0 Å². The summed E-state index contributed by atoms with van der Waals surface area (Å²) in [6.45, 7) is 9.47. The van der Waals surface area contributed by atoms with Gasteiger partial charge in [0.2, 0.25) is 0 Å². The summed E-state index contributed by atoms with van der Waals surface area (Å²) >= 11 is 1.77. The van der Waals surface area contributed by atoms with Crippen LogP contribution in [0.15, 0.2) is 5.38 Å². The molecule has 102 valence electrons. The Kier molecular flexibility index (Phi) is 4.76. The molecule has 4 heteroatoms. The Morgan fingerprint density at radius 3 is 2.94 bits per heavy atom. The number of nitrogens with zero attached hydrogens (tertiary/aromatic N) is 2. The summed E-state index contributed by atoms with van der Waals surface area (Å²) in [5.74, 6) is 0.956. The number of piperidine rings is 1. The average Bonchev–Trinajstić information content (AvgIpc) is 2.80. The van der Waals surface area contributed by atoms with Gasteiger partial charge in [0.15, 0.2) is 0 Å². The van der Waals surface area contributed by atoms with Gasteiger partial charge in [-0.15, -0.1) is 11.3 Å². The summed E-state index contributed by atoms with van der Waals surface area (Å²) in [4.78, 5) is 7.12. The lowest BCUT2D eigenvalue weighted by molar-refractivity contribution is 0.0218. The molecule has 0 bridgehead atoms. The van der Waals surface area contributed by atoms with Crippen LogP contribution in [0.25, 0.3) is 0 Å². The molecule has 0 aromatic carbocycles. The molecule has 1 aliphatic rings. The van der Waals surface area contributed by atoms with Gasteiger partial charge in [0.1, 0.15) is 0 Å². The molecule has 0 aliphatic carbocycles. The predicted octanol–water partition coefficient (Wildman–Crippen LogP) is 2.86. The van der Waals surface area contributed by atoms with E-state index in [0.29, 0.717) is 11.8 Å². The lowest BCUT2D eigenvalue weighted by atomic mass is 9.92. The molecule has 2 atom stereocenters. The van der Waals surface area contributed by atoms with Crippen molar-refractivity contribution in [3.63, 3.8) is 0 Å². The second-order valence-electron chi connectivity index (χ2n) is 5.59. The Labute approximate surface area is 114 Å². The minimum absolute atomic E-state index is 0.104. The number of aliphatic hydroxyl groups is 1. The van der Waals surface area contributed by atoms with Gasteiger partial charge in [0, 0.05) is 30.9 Å². The van der Waals surface area contributed by atoms with Crippen molar-refractivity contribution in [3.8, 4) is 0 Å². The molecule has 1 saturated heterocycles. The van der Waals surface area contributed by atoms with E-state index in [4.69, 9.17) is 0 Å². The van der Waals surface area contributed by atoms with Crippen molar-refractivity contribution in [1.29, 1.82) is 0 Å². The highest BCUT2D eigenvalue weighted by molar-refractivity contribution is 7.09. The number of thiazole rings is 1. The fourth-order valence-electron chi connectivity index (χ4n) is 2.53. The molecule has 2 rings (SSSR count). The minimum atomic E-state index is -0.104. The van der Waals surface area contributed by atoms with Crippen LogP contribution in [-0.2, 0) is 6.54 Å².